The number of hydrogen-bond acceptors (Lipinski definition) is 5. The zero-order valence-corrected chi connectivity index (χ0v) is 11.4. The largest absolute Gasteiger partial charge is 0.459 e. The highest BCUT2D eigenvalue weighted by atomic mass is 19.2. The molecule has 0 fully saturated rings. The lowest BCUT2D eigenvalue weighted by molar-refractivity contribution is -0.385. The molecule has 0 aliphatic carbocycles. The molecule has 0 saturated carbocycles. The van der Waals surface area contributed by atoms with Crippen LogP contribution in [0.5, 0.6) is 0 Å². The molecular weight excluding hydrogens is 288 g/mol. The van der Waals surface area contributed by atoms with Gasteiger partial charge < -0.3 is 9.47 Å². The Morgan fingerprint density at radius 2 is 1.90 bits per heavy atom. The normalized spacial score (nSPS) is 10.4. The summed E-state index contributed by atoms with van der Waals surface area (Å²) >= 11 is 0. The Morgan fingerprint density at radius 1 is 1.24 bits per heavy atom. The van der Waals surface area contributed by atoms with Gasteiger partial charge in [-0.1, -0.05) is 13.3 Å². The molecule has 0 aliphatic heterocycles. The summed E-state index contributed by atoms with van der Waals surface area (Å²) < 4.78 is 35.9. The predicted octanol–water partition coefficient (Wildman–Crippen LogP) is 2.85. The fraction of sp³-hybridized carbons (Fsp3) is 0.462. The van der Waals surface area contributed by atoms with E-state index in [1.54, 1.807) is 0 Å². The molecule has 0 amide bonds. The quantitative estimate of drug-likeness (QED) is 0.319. The first-order valence-corrected chi connectivity index (χ1v) is 6.35. The molecule has 6 nitrogen and oxygen atoms in total. The second-order valence-corrected chi connectivity index (χ2v) is 4.14. The average molecular weight is 303 g/mol. The van der Waals surface area contributed by atoms with E-state index in [2.05, 4.69) is 0 Å². The van der Waals surface area contributed by atoms with Crippen molar-refractivity contribution < 1.29 is 28.0 Å². The Morgan fingerprint density at radius 3 is 2.52 bits per heavy atom. The number of nitrogens with zero attached hydrogens (tertiary/aromatic N) is 1. The van der Waals surface area contributed by atoms with Gasteiger partial charge >= 0.3 is 5.97 Å². The second-order valence-electron chi connectivity index (χ2n) is 4.14. The van der Waals surface area contributed by atoms with Crippen LogP contribution in [0.3, 0.4) is 0 Å². The molecular formula is C13H15F2NO5. The van der Waals surface area contributed by atoms with Crippen LogP contribution in [-0.4, -0.2) is 30.7 Å². The van der Waals surface area contributed by atoms with Gasteiger partial charge in [0, 0.05) is 6.61 Å². The molecule has 0 saturated heterocycles. The maximum absolute atomic E-state index is 13.1. The van der Waals surface area contributed by atoms with Gasteiger partial charge in [0.25, 0.3) is 5.69 Å². The number of nitro groups is 1. The molecule has 0 spiro atoms. The summed E-state index contributed by atoms with van der Waals surface area (Å²) in [6.07, 6.45) is 1.82. The van der Waals surface area contributed by atoms with Crippen LogP contribution >= 0.6 is 0 Å². The third-order valence-corrected chi connectivity index (χ3v) is 2.56. The van der Waals surface area contributed by atoms with E-state index < -0.39 is 33.8 Å². The van der Waals surface area contributed by atoms with Crippen LogP contribution in [0.25, 0.3) is 0 Å². The number of carbonyl (C=O) groups is 1. The number of hydrogen-bond donors (Lipinski definition) is 0. The van der Waals surface area contributed by atoms with Gasteiger partial charge in [0.05, 0.1) is 17.6 Å². The number of rotatable bonds is 8. The van der Waals surface area contributed by atoms with Crippen molar-refractivity contribution in [3.63, 3.8) is 0 Å². The molecule has 0 bridgehead atoms. The highest BCUT2D eigenvalue weighted by molar-refractivity contribution is 5.93. The van der Waals surface area contributed by atoms with E-state index in [0.29, 0.717) is 18.7 Å². The minimum absolute atomic E-state index is 0.126. The molecule has 1 aromatic carbocycles. The lowest BCUT2D eigenvalue weighted by atomic mass is 10.1. The molecule has 0 radical (unpaired) electrons. The van der Waals surface area contributed by atoms with Gasteiger partial charge in [0.1, 0.15) is 12.2 Å². The maximum atomic E-state index is 13.1. The summed E-state index contributed by atoms with van der Waals surface area (Å²) in [6, 6.07) is 0.803. The lowest BCUT2D eigenvalue weighted by Crippen LogP contribution is -2.13. The summed E-state index contributed by atoms with van der Waals surface area (Å²) in [6.45, 7) is 2.51. The molecule has 1 aromatic rings. The van der Waals surface area contributed by atoms with Gasteiger partial charge in [-0.2, -0.15) is 0 Å². The third-order valence-electron chi connectivity index (χ3n) is 2.56. The standard InChI is InChI=1S/C13H15F2NO5/c1-2-3-4-20-5-6-21-13(17)9-7-10(14)11(15)8-12(9)16(18)19/h7-8H,2-6H2,1H3. The lowest BCUT2D eigenvalue weighted by Gasteiger charge is -2.06. The van der Waals surface area contributed by atoms with E-state index in [1.165, 1.54) is 0 Å². The second kappa shape index (κ2) is 8.25. The zero-order chi connectivity index (χ0) is 15.8. The minimum Gasteiger partial charge on any atom is -0.459 e. The Bertz CT molecular complexity index is 522. The zero-order valence-electron chi connectivity index (χ0n) is 11.4. The number of carbonyl (C=O) groups excluding carboxylic acids is 1. The topological polar surface area (TPSA) is 78.7 Å². The van der Waals surface area contributed by atoms with Gasteiger partial charge in [-0.05, 0) is 12.5 Å². The van der Waals surface area contributed by atoms with E-state index in [-0.39, 0.29) is 13.2 Å². The van der Waals surface area contributed by atoms with Crippen LogP contribution in [0.4, 0.5) is 14.5 Å². The Kier molecular flexibility index (Phi) is 6.67. The first kappa shape index (κ1) is 17.0. The van der Waals surface area contributed by atoms with Crippen molar-refractivity contribution in [2.45, 2.75) is 19.8 Å². The predicted molar refractivity (Wildman–Crippen MR) is 69.0 cm³/mol. The van der Waals surface area contributed by atoms with Crippen LogP contribution in [0.2, 0.25) is 0 Å². The van der Waals surface area contributed by atoms with Gasteiger partial charge in [0.15, 0.2) is 11.6 Å². The van der Waals surface area contributed by atoms with E-state index in [1.807, 2.05) is 6.92 Å². The van der Waals surface area contributed by atoms with Crippen molar-refractivity contribution in [3.05, 3.63) is 39.4 Å². The van der Waals surface area contributed by atoms with Crippen molar-refractivity contribution in [3.8, 4) is 0 Å². The number of ether oxygens (including phenoxy) is 2. The molecule has 0 atom stereocenters. The van der Waals surface area contributed by atoms with Crippen molar-refractivity contribution >= 4 is 11.7 Å². The van der Waals surface area contributed by atoms with Crippen LogP contribution < -0.4 is 0 Å². The minimum atomic E-state index is -1.40. The SMILES string of the molecule is CCCCOCCOC(=O)c1cc(F)c(F)cc1[N+](=O)[O-]. The van der Waals surface area contributed by atoms with Crippen LogP contribution in [-0.2, 0) is 9.47 Å². The first-order chi connectivity index (χ1) is 9.97. The van der Waals surface area contributed by atoms with Crippen LogP contribution in [0.15, 0.2) is 12.1 Å². The van der Waals surface area contributed by atoms with Crippen LogP contribution in [0.1, 0.15) is 30.1 Å². The van der Waals surface area contributed by atoms with Gasteiger partial charge in [0.2, 0.25) is 0 Å². The Labute approximate surface area is 119 Å². The van der Waals surface area contributed by atoms with Crippen molar-refractivity contribution in [1.82, 2.24) is 0 Å². The Hall–Kier alpha value is -2.09. The molecule has 0 aliphatic rings. The summed E-state index contributed by atoms with van der Waals surface area (Å²) in [7, 11) is 0. The number of benzene rings is 1. The fourth-order valence-corrected chi connectivity index (χ4v) is 1.47. The number of halogens is 2. The molecule has 0 aromatic heterocycles. The van der Waals surface area contributed by atoms with Gasteiger partial charge in [-0.3, -0.25) is 10.1 Å². The van der Waals surface area contributed by atoms with E-state index in [9.17, 15) is 23.7 Å². The van der Waals surface area contributed by atoms with E-state index in [0.717, 1.165) is 12.8 Å². The van der Waals surface area contributed by atoms with Crippen molar-refractivity contribution in [1.29, 1.82) is 0 Å². The monoisotopic (exact) mass is 303 g/mol. The van der Waals surface area contributed by atoms with Gasteiger partial charge in [-0.25, -0.2) is 13.6 Å². The maximum Gasteiger partial charge on any atom is 0.345 e. The van der Waals surface area contributed by atoms with E-state index >= 15 is 0 Å². The molecule has 8 heteroatoms. The summed E-state index contributed by atoms with van der Waals surface area (Å²) in [5.74, 6) is -3.85. The molecule has 116 valence electrons. The molecule has 0 N–H and O–H groups in total. The highest BCUT2D eigenvalue weighted by Crippen LogP contribution is 2.23. The summed E-state index contributed by atoms with van der Waals surface area (Å²) in [5, 5.41) is 10.7. The average Bonchev–Trinajstić information content (AvgIpc) is 2.44. The summed E-state index contributed by atoms with van der Waals surface area (Å²) in [5.41, 5.74) is -1.47. The van der Waals surface area contributed by atoms with Crippen molar-refractivity contribution in [2.75, 3.05) is 19.8 Å². The number of unbranched alkanes of at least 4 members (excludes halogenated alkanes) is 1. The molecule has 0 unspecified atom stereocenters. The smallest absolute Gasteiger partial charge is 0.345 e. The fourth-order valence-electron chi connectivity index (χ4n) is 1.47. The van der Waals surface area contributed by atoms with E-state index in [4.69, 9.17) is 9.47 Å². The molecule has 0 heterocycles. The van der Waals surface area contributed by atoms with Crippen molar-refractivity contribution in [2.24, 2.45) is 0 Å². The molecule has 21 heavy (non-hydrogen) atoms. The van der Waals surface area contributed by atoms with Gasteiger partial charge in [-0.15, -0.1) is 0 Å². The number of nitro benzene ring substituents is 1. The van der Waals surface area contributed by atoms with Crippen LogP contribution in [0, 0.1) is 21.7 Å². The number of esters is 1. The summed E-state index contributed by atoms with van der Waals surface area (Å²) in [4.78, 5) is 21.4. The third kappa shape index (κ3) is 5.07. The molecule has 1 rings (SSSR count). The Balaban J connectivity index is 2.65. The highest BCUT2D eigenvalue weighted by Gasteiger charge is 2.24. The first-order valence-electron chi connectivity index (χ1n) is 6.35.